The first kappa shape index (κ1) is 21.6. The minimum atomic E-state index is -4.46. The highest BCUT2D eigenvalue weighted by Crippen LogP contribution is 2.40. The summed E-state index contributed by atoms with van der Waals surface area (Å²) in [5, 5.41) is 3.13. The van der Waals surface area contributed by atoms with Gasteiger partial charge >= 0.3 is 6.18 Å². The minimum absolute atomic E-state index is 0.0241. The number of piperazine rings is 1. The maximum absolute atomic E-state index is 13.0. The predicted molar refractivity (Wildman–Crippen MR) is 118 cm³/mol. The van der Waals surface area contributed by atoms with Crippen molar-refractivity contribution < 1.29 is 22.8 Å². The highest BCUT2D eigenvalue weighted by atomic mass is 35.5. The van der Waals surface area contributed by atoms with Gasteiger partial charge in [-0.15, -0.1) is 22.7 Å². The molecule has 2 aliphatic heterocycles. The molecule has 0 N–H and O–H groups in total. The highest BCUT2D eigenvalue weighted by Gasteiger charge is 2.40. The van der Waals surface area contributed by atoms with Gasteiger partial charge in [-0.3, -0.25) is 19.4 Å². The predicted octanol–water partition coefficient (Wildman–Crippen LogP) is 4.20. The molecule has 2 amide bonds. The van der Waals surface area contributed by atoms with Crippen molar-refractivity contribution in [3.05, 3.63) is 45.2 Å². The van der Waals surface area contributed by atoms with Crippen molar-refractivity contribution >= 4 is 61.3 Å². The molecule has 6 nitrogen and oxygen atoms in total. The van der Waals surface area contributed by atoms with Crippen LogP contribution < -0.4 is 4.90 Å². The number of likely N-dealkylation sites (tertiary alicyclic amines) is 1. The van der Waals surface area contributed by atoms with Crippen LogP contribution in [-0.2, 0) is 11.0 Å². The number of amides is 2. The Morgan fingerprint density at radius 3 is 2.66 bits per heavy atom. The molecule has 5 rings (SSSR count). The number of fused-ring (bicyclic) bond motifs is 1. The molecule has 2 aliphatic rings. The average molecular weight is 501 g/mol. The zero-order valence-corrected chi connectivity index (χ0v) is 18.8. The topological polar surface area (TPSA) is 56.8 Å². The number of hydrogen-bond donors (Lipinski definition) is 0. The van der Waals surface area contributed by atoms with Crippen molar-refractivity contribution in [1.82, 2.24) is 14.8 Å². The van der Waals surface area contributed by atoms with Crippen LogP contribution in [0.5, 0.6) is 0 Å². The lowest BCUT2D eigenvalue weighted by molar-refractivity contribution is -0.137. The van der Waals surface area contributed by atoms with E-state index in [1.807, 2.05) is 5.38 Å². The number of alkyl halides is 3. The van der Waals surface area contributed by atoms with Crippen LogP contribution >= 0.6 is 34.3 Å². The van der Waals surface area contributed by atoms with E-state index in [-0.39, 0.29) is 34.3 Å². The van der Waals surface area contributed by atoms with E-state index in [2.05, 4.69) is 9.88 Å². The minimum Gasteiger partial charge on any atom is -0.335 e. The molecule has 0 bridgehead atoms. The number of rotatable bonds is 3. The Labute approximate surface area is 193 Å². The van der Waals surface area contributed by atoms with Crippen LogP contribution in [0.1, 0.15) is 15.2 Å². The number of carbonyl (C=O) groups excluding carboxylic acids is 2. The van der Waals surface area contributed by atoms with Crippen molar-refractivity contribution in [3.8, 4) is 0 Å². The fraction of sp³-hybridized carbons (Fsp3) is 0.350. The summed E-state index contributed by atoms with van der Waals surface area (Å²) < 4.78 is 39.3. The third-order valence-corrected chi connectivity index (χ3v) is 8.16. The van der Waals surface area contributed by atoms with Gasteiger partial charge < -0.3 is 4.90 Å². The average Bonchev–Trinajstić information content (AvgIpc) is 3.34. The van der Waals surface area contributed by atoms with Crippen molar-refractivity contribution in [2.75, 3.05) is 37.6 Å². The fourth-order valence-electron chi connectivity index (χ4n) is 3.93. The maximum atomic E-state index is 13.0. The van der Waals surface area contributed by atoms with Crippen LogP contribution in [0, 0.1) is 0 Å². The molecule has 0 atom stereocenters. The molecule has 0 unspecified atom stereocenters. The second-order valence-electron chi connectivity index (χ2n) is 7.65. The Morgan fingerprint density at radius 2 is 2.00 bits per heavy atom. The molecule has 4 heterocycles. The Hall–Kier alpha value is -2.21. The van der Waals surface area contributed by atoms with Gasteiger partial charge in [-0.05, 0) is 12.1 Å². The Bertz CT molecular complexity index is 1190. The lowest BCUT2D eigenvalue weighted by Gasteiger charge is -2.47. The van der Waals surface area contributed by atoms with Gasteiger partial charge in [0.1, 0.15) is 4.88 Å². The van der Waals surface area contributed by atoms with Gasteiger partial charge in [0.15, 0.2) is 5.13 Å². The molecular weight excluding hydrogens is 485 g/mol. The first-order chi connectivity index (χ1) is 15.2. The smallest absolute Gasteiger partial charge is 0.335 e. The Kier molecular flexibility index (Phi) is 5.39. The van der Waals surface area contributed by atoms with Crippen molar-refractivity contribution in [3.63, 3.8) is 0 Å². The van der Waals surface area contributed by atoms with Crippen LogP contribution in [0.4, 0.5) is 18.3 Å². The molecule has 1 aromatic carbocycles. The van der Waals surface area contributed by atoms with E-state index in [1.165, 1.54) is 17.4 Å². The molecule has 168 valence electrons. The Morgan fingerprint density at radius 1 is 1.22 bits per heavy atom. The first-order valence-corrected chi connectivity index (χ1v) is 11.8. The zero-order chi connectivity index (χ0) is 22.6. The van der Waals surface area contributed by atoms with Crippen LogP contribution in [0.3, 0.4) is 0 Å². The lowest BCUT2D eigenvalue weighted by Crippen LogP contribution is -2.65. The fourth-order valence-corrected chi connectivity index (χ4v) is 6.13. The molecule has 0 spiro atoms. The lowest BCUT2D eigenvalue weighted by atomic mass is 10.1. The molecule has 2 aromatic heterocycles. The summed E-state index contributed by atoms with van der Waals surface area (Å²) in [6.45, 7) is 2.38. The number of hydrogen-bond acceptors (Lipinski definition) is 6. The largest absolute Gasteiger partial charge is 0.416 e. The molecule has 0 aliphatic carbocycles. The summed E-state index contributed by atoms with van der Waals surface area (Å²) in [7, 11) is 0. The van der Waals surface area contributed by atoms with Crippen LogP contribution in [0.15, 0.2) is 29.8 Å². The van der Waals surface area contributed by atoms with Gasteiger partial charge in [0.2, 0.25) is 5.91 Å². The molecule has 2 saturated heterocycles. The van der Waals surface area contributed by atoms with Crippen LogP contribution in [0.25, 0.3) is 10.1 Å². The number of thiophene rings is 1. The number of benzene rings is 1. The second-order valence-corrected chi connectivity index (χ2v) is 9.95. The third-order valence-electron chi connectivity index (χ3n) is 5.72. The number of halogens is 4. The van der Waals surface area contributed by atoms with E-state index < -0.39 is 11.7 Å². The summed E-state index contributed by atoms with van der Waals surface area (Å²) in [5.41, 5.74) is -0.771. The molecule has 2 fully saturated rings. The standard InChI is InChI=1S/C20H16ClF3N4O2S2/c21-16-13-2-1-11(20(22,23)24)7-14(13)32-17(16)18(30)27-8-12(9-27)26-4-5-28(15(29)10-26)19-25-3-6-31-19/h1-3,6-7,12H,4-5,8-10H2. The van der Waals surface area contributed by atoms with E-state index in [4.69, 9.17) is 11.6 Å². The van der Waals surface area contributed by atoms with Gasteiger partial charge in [0, 0.05) is 53.9 Å². The van der Waals surface area contributed by atoms with Gasteiger partial charge in [0.05, 0.1) is 17.1 Å². The Balaban J connectivity index is 1.24. The van der Waals surface area contributed by atoms with Gasteiger partial charge in [-0.1, -0.05) is 17.7 Å². The highest BCUT2D eigenvalue weighted by molar-refractivity contribution is 7.21. The van der Waals surface area contributed by atoms with Gasteiger partial charge in [-0.25, -0.2) is 4.98 Å². The number of nitrogens with zero attached hydrogens (tertiary/aromatic N) is 4. The van der Waals surface area contributed by atoms with Gasteiger partial charge in [0.25, 0.3) is 5.91 Å². The quantitative estimate of drug-likeness (QED) is 0.541. The van der Waals surface area contributed by atoms with Crippen molar-refractivity contribution in [1.29, 1.82) is 0 Å². The SMILES string of the molecule is O=C(c1sc2cc(C(F)(F)F)ccc2c1Cl)N1CC(N2CCN(c3nccs3)C(=O)C2)C1. The number of carbonyl (C=O) groups is 2. The number of aromatic nitrogens is 1. The van der Waals surface area contributed by atoms with Crippen molar-refractivity contribution in [2.45, 2.75) is 12.2 Å². The van der Waals surface area contributed by atoms with Crippen LogP contribution in [-0.4, -0.2) is 65.4 Å². The third kappa shape index (κ3) is 3.76. The number of thiazole rings is 1. The molecule has 3 aromatic rings. The molecule has 12 heteroatoms. The monoisotopic (exact) mass is 500 g/mol. The van der Waals surface area contributed by atoms with Crippen molar-refractivity contribution in [2.24, 2.45) is 0 Å². The van der Waals surface area contributed by atoms with Crippen LogP contribution in [0.2, 0.25) is 5.02 Å². The second kappa shape index (κ2) is 7.98. The molecule has 0 saturated carbocycles. The summed E-state index contributed by atoms with van der Waals surface area (Å²) in [4.78, 5) is 35.2. The maximum Gasteiger partial charge on any atom is 0.416 e. The zero-order valence-electron chi connectivity index (χ0n) is 16.4. The van der Waals surface area contributed by atoms with E-state index in [1.54, 1.807) is 16.0 Å². The van der Waals surface area contributed by atoms with E-state index in [0.717, 1.165) is 23.5 Å². The van der Waals surface area contributed by atoms with E-state index >= 15 is 0 Å². The van der Waals surface area contributed by atoms with E-state index in [0.29, 0.717) is 41.4 Å². The summed E-state index contributed by atoms with van der Waals surface area (Å²) in [6, 6.07) is 3.36. The summed E-state index contributed by atoms with van der Waals surface area (Å²) in [5.74, 6) is -0.322. The first-order valence-electron chi connectivity index (χ1n) is 9.75. The molecule has 32 heavy (non-hydrogen) atoms. The molecular formula is C20H16ClF3N4O2S2. The van der Waals surface area contributed by atoms with Gasteiger partial charge in [-0.2, -0.15) is 13.2 Å². The molecule has 0 radical (unpaired) electrons. The van der Waals surface area contributed by atoms with E-state index in [9.17, 15) is 22.8 Å². The summed E-state index contributed by atoms with van der Waals surface area (Å²) in [6.07, 6.45) is -2.79. The summed E-state index contributed by atoms with van der Waals surface area (Å²) >= 11 is 8.72. The number of anilines is 1. The normalized spacial score (nSPS) is 18.4.